The minimum atomic E-state index is 0.512. The molecule has 18 heavy (non-hydrogen) atoms. The molecule has 0 aliphatic rings. The molecule has 3 aromatic rings. The van der Waals surface area contributed by atoms with Crippen LogP contribution in [0.4, 0.5) is 5.69 Å². The number of benzene rings is 1. The summed E-state index contributed by atoms with van der Waals surface area (Å²) in [5.41, 5.74) is 10.9. The lowest BCUT2D eigenvalue weighted by Crippen LogP contribution is -1.85. The van der Waals surface area contributed by atoms with Crippen LogP contribution in [0.5, 0.6) is 0 Å². The van der Waals surface area contributed by atoms with Crippen molar-refractivity contribution in [3.05, 3.63) is 41.6 Å². The topological polar surface area (TPSA) is 64.9 Å². The van der Waals surface area contributed by atoms with Gasteiger partial charge in [0.25, 0.3) is 0 Å². The molecule has 0 radical (unpaired) electrons. The second kappa shape index (κ2) is 3.84. The van der Waals surface area contributed by atoms with Gasteiger partial charge < -0.3 is 10.2 Å². The molecule has 0 bridgehead atoms. The van der Waals surface area contributed by atoms with E-state index in [-0.39, 0.29) is 0 Å². The van der Waals surface area contributed by atoms with Gasteiger partial charge in [0.2, 0.25) is 11.6 Å². The summed E-state index contributed by atoms with van der Waals surface area (Å²) in [5, 5.41) is 0. The van der Waals surface area contributed by atoms with Crippen molar-refractivity contribution in [3.63, 3.8) is 0 Å². The predicted octanol–water partition coefficient (Wildman–Crippen LogP) is 3.09. The van der Waals surface area contributed by atoms with Crippen molar-refractivity contribution in [1.29, 1.82) is 0 Å². The first-order valence-corrected chi connectivity index (χ1v) is 5.73. The third-order valence-corrected chi connectivity index (χ3v) is 3.02. The van der Waals surface area contributed by atoms with E-state index >= 15 is 0 Å². The molecule has 0 atom stereocenters. The smallest absolute Gasteiger partial charge is 0.247 e. The summed E-state index contributed by atoms with van der Waals surface area (Å²) in [7, 11) is 0. The molecule has 0 saturated heterocycles. The molecule has 90 valence electrons. The third kappa shape index (κ3) is 1.72. The van der Waals surface area contributed by atoms with E-state index in [1.807, 2.05) is 6.07 Å². The number of rotatable bonds is 1. The summed E-state index contributed by atoms with van der Waals surface area (Å²) >= 11 is 0. The molecule has 0 fully saturated rings. The lowest BCUT2D eigenvalue weighted by molar-refractivity contribution is 0.608. The number of aryl methyl sites for hydroxylation is 2. The van der Waals surface area contributed by atoms with Crippen molar-refractivity contribution in [1.82, 2.24) is 9.97 Å². The number of hydrogen-bond acceptors (Lipinski definition) is 4. The van der Waals surface area contributed by atoms with Crippen molar-refractivity contribution in [2.45, 2.75) is 13.8 Å². The Bertz CT molecular complexity index is 731. The molecule has 0 aliphatic carbocycles. The second-order valence-corrected chi connectivity index (χ2v) is 4.41. The van der Waals surface area contributed by atoms with Crippen LogP contribution in [0.25, 0.3) is 22.7 Å². The van der Waals surface area contributed by atoms with Crippen LogP contribution in [0.2, 0.25) is 0 Å². The average Bonchev–Trinajstić information content (AvgIpc) is 2.75. The summed E-state index contributed by atoms with van der Waals surface area (Å²) < 4.78 is 5.63. The Labute approximate surface area is 104 Å². The van der Waals surface area contributed by atoms with Gasteiger partial charge >= 0.3 is 0 Å². The normalized spacial score (nSPS) is 11.0. The maximum absolute atomic E-state index is 5.67. The minimum Gasteiger partial charge on any atom is -0.418 e. The molecule has 0 saturated carbocycles. The molecule has 4 nitrogen and oxygen atoms in total. The van der Waals surface area contributed by atoms with Crippen molar-refractivity contribution >= 4 is 16.9 Å². The number of hydrogen-bond donors (Lipinski definition) is 1. The van der Waals surface area contributed by atoms with E-state index in [2.05, 4.69) is 35.9 Å². The van der Waals surface area contributed by atoms with E-state index in [4.69, 9.17) is 10.2 Å². The minimum absolute atomic E-state index is 0.512. The first-order chi connectivity index (χ1) is 8.63. The Kier molecular flexibility index (Phi) is 2.30. The molecule has 1 aromatic carbocycles. The molecule has 3 rings (SSSR count). The van der Waals surface area contributed by atoms with Crippen LogP contribution in [0, 0.1) is 13.8 Å². The van der Waals surface area contributed by atoms with E-state index in [9.17, 15) is 0 Å². The second-order valence-electron chi connectivity index (χ2n) is 4.41. The molecule has 0 amide bonds. The van der Waals surface area contributed by atoms with Crippen molar-refractivity contribution in [3.8, 4) is 11.5 Å². The van der Waals surface area contributed by atoms with Gasteiger partial charge in [-0.1, -0.05) is 6.07 Å². The van der Waals surface area contributed by atoms with Crippen LogP contribution in [-0.2, 0) is 0 Å². The average molecular weight is 239 g/mol. The number of aromatic nitrogens is 2. The Hall–Kier alpha value is -2.36. The summed E-state index contributed by atoms with van der Waals surface area (Å²) in [5.74, 6) is 0.575. The summed E-state index contributed by atoms with van der Waals surface area (Å²) in [6, 6.07) is 7.87. The van der Waals surface area contributed by atoms with Crippen molar-refractivity contribution < 1.29 is 4.42 Å². The van der Waals surface area contributed by atoms with Gasteiger partial charge in [0.15, 0.2) is 0 Å². The SMILES string of the molecule is Cc1ccc(-c2nc3cc(N)cnc3o2)cc1C. The lowest BCUT2D eigenvalue weighted by atomic mass is 10.1. The molecule has 2 N–H and O–H groups in total. The molecule has 0 spiro atoms. The van der Waals surface area contributed by atoms with Gasteiger partial charge in [-0.05, 0) is 43.2 Å². The van der Waals surface area contributed by atoms with E-state index < -0.39 is 0 Å². The molecule has 2 heterocycles. The number of nitrogens with two attached hydrogens (primary N) is 1. The van der Waals surface area contributed by atoms with Crippen LogP contribution >= 0.6 is 0 Å². The maximum Gasteiger partial charge on any atom is 0.247 e. The predicted molar refractivity (Wildman–Crippen MR) is 71.1 cm³/mol. The molecular formula is C14H13N3O. The number of anilines is 1. The molecule has 0 aliphatic heterocycles. The standard InChI is InChI=1S/C14H13N3O/c1-8-3-4-10(5-9(8)2)13-17-12-6-11(15)7-16-14(12)18-13/h3-7H,15H2,1-2H3. The van der Waals surface area contributed by atoms with E-state index in [1.165, 1.54) is 11.1 Å². The maximum atomic E-state index is 5.67. The Balaban J connectivity index is 2.16. The van der Waals surface area contributed by atoms with Gasteiger partial charge in [-0.2, -0.15) is 0 Å². The zero-order valence-corrected chi connectivity index (χ0v) is 10.3. The fraction of sp³-hybridized carbons (Fsp3) is 0.143. The number of nitrogens with zero attached hydrogens (tertiary/aromatic N) is 2. The van der Waals surface area contributed by atoms with Crippen LogP contribution in [0.1, 0.15) is 11.1 Å². The Morgan fingerprint density at radius 3 is 2.72 bits per heavy atom. The largest absolute Gasteiger partial charge is 0.418 e. The highest BCUT2D eigenvalue weighted by Gasteiger charge is 2.09. The lowest BCUT2D eigenvalue weighted by Gasteiger charge is -2.00. The van der Waals surface area contributed by atoms with Gasteiger partial charge in [-0.3, -0.25) is 0 Å². The van der Waals surface area contributed by atoms with Crippen LogP contribution in [0.3, 0.4) is 0 Å². The van der Waals surface area contributed by atoms with Crippen LogP contribution < -0.4 is 5.73 Å². The highest BCUT2D eigenvalue weighted by atomic mass is 16.4. The number of oxazole rings is 1. The van der Waals surface area contributed by atoms with Gasteiger partial charge in [0, 0.05) is 5.56 Å². The molecule has 0 unspecified atom stereocenters. The van der Waals surface area contributed by atoms with Crippen LogP contribution in [0.15, 0.2) is 34.9 Å². The summed E-state index contributed by atoms with van der Waals surface area (Å²) in [6.45, 7) is 4.14. The Morgan fingerprint density at radius 1 is 1.11 bits per heavy atom. The third-order valence-electron chi connectivity index (χ3n) is 3.02. The monoisotopic (exact) mass is 239 g/mol. The van der Waals surface area contributed by atoms with Gasteiger partial charge in [-0.15, -0.1) is 0 Å². The highest BCUT2D eigenvalue weighted by Crippen LogP contribution is 2.25. The quantitative estimate of drug-likeness (QED) is 0.708. The zero-order valence-electron chi connectivity index (χ0n) is 10.3. The number of nitrogen functional groups attached to an aromatic ring is 1. The first-order valence-electron chi connectivity index (χ1n) is 5.73. The summed E-state index contributed by atoms with van der Waals surface area (Å²) in [4.78, 5) is 8.52. The fourth-order valence-electron chi connectivity index (χ4n) is 1.84. The van der Waals surface area contributed by atoms with Crippen molar-refractivity contribution in [2.75, 3.05) is 5.73 Å². The highest BCUT2D eigenvalue weighted by molar-refractivity contribution is 5.75. The van der Waals surface area contributed by atoms with Gasteiger partial charge in [-0.25, -0.2) is 9.97 Å². The zero-order chi connectivity index (χ0) is 12.7. The first kappa shape index (κ1) is 10.8. The van der Waals surface area contributed by atoms with E-state index in [1.54, 1.807) is 12.3 Å². The molecular weight excluding hydrogens is 226 g/mol. The van der Waals surface area contributed by atoms with Gasteiger partial charge in [0.05, 0.1) is 11.9 Å². The van der Waals surface area contributed by atoms with Crippen LogP contribution in [-0.4, -0.2) is 9.97 Å². The summed E-state index contributed by atoms with van der Waals surface area (Å²) in [6.07, 6.45) is 1.57. The molecule has 4 heteroatoms. The van der Waals surface area contributed by atoms with Gasteiger partial charge in [0.1, 0.15) is 5.52 Å². The fourth-order valence-corrected chi connectivity index (χ4v) is 1.84. The van der Waals surface area contributed by atoms with E-state index in [0.29, 0.717) is 22.8 Å². The van der Waals surface area contributed by atoms with E-state index in [0.717, 1.165) is 5.56 Å². The molecule has 2 aromatic heterocycles. The number of pyridine rings is 1. The number of fused-ring (bicyclic) bond motifs is 1. The van der Waals surface area contributed by atoms with Crippen molar-refractivity contribution in [2.24, 2.45) is 0 Å². The Morgan fingerprint density at radius 2 is 1.94 bits per heavy atom.